The molecule has 0 fully saturated rings. The molecule has 0 aliphatic rings. The number of nitrogens with one attached hydrogen (secondary N) is 3. The van der Waals surface area contributed by atoms with Gasteiger partial charge in [0.05, 0.1) is 29.4 Å². The standard InChI is InChI=1S/C22H23ClFN5O4/c1-2-33-19-10-17-14(9-18(19)29-21(32)11-25-20(31)4-3-7-30)22(27-12-26-17)28-13-5-6-16(24)15(23)8-13/h5-6,8-10,12,30H,2-4,7,11H2,1H3,(H,25,31)(H,29,32)(H,26,27,28). The highest BCUT2D eigenvalue weighted by Crippen LogP contribution is 2.33. The Bertz CT molecular complexity index is 1160. The highest BCUT2D eigenvalue weighted by molar-refractivity contribution is 6.31. The van der Waals surface area contributed by atoms with E-state index in [2.05, 4.69) is 25.9 Å². The topological polar surface area (TPSA) is 125 Å². The molecule has 1 heterocycles. The molecule has 0 saturated carbocycles. The number of anilines is 3. The maximum atomic E-state index is 13.5. The van der Waals surface area contributed by atoms with Crippen LogP contribution in [0.15, 0.2) is 36.7 Å². The largest absolute Gasteiger partial charge is 0.492 e. The zero-order chi connectivity index (χ0) is 23.8. The van der Waals surface area contributed by atoms with Gasteiger partial charge in [-0.2, -0.15) is 0 Å². The van der Waals surface area contributed by atoms with Gasteiger partial charge in [0.25, 0.3) is 0 Å². The Balaban J connectivity index is 1.86. The number of carbonyl (C=O) groups is 2. The molecule has 3 aromatic rings. The maximum Gasteiger partial charge on any atom is 0.243 e. The molecule has 11 heteroatoms. The molecule has 0 bridgehead atoms. The number of hydrogen-bond donors (Lipinski definition) is 4. The molecule has 0 unspecified atom stereocenters. The number of nitrogens with zero attached hydrogens (tertiary/aromatic N) is 2. The summed E-state index contributed by atoms with van der Waals surface area (Å²) in [7, 11) is 0. The van der Waals surface area contributed by atoms with Gasteiger partial charge in [0.2, 0.25) is 11.8 Å². The number of hydrogen-bond acceptors (Lipinski definition) is 7. The van der Waals surface area contributed by atoms with Crippen LogP contribution in [0, 0.1) is 5.82 Å². The number of aromatic nitrogens is 2. The number of benzene rings is 2. The Morgan fingerprint density at radius 3 is 2.73 bits per heavy atom. The van der Waals surface area contributed by atoms with Crippen molar-refractivity contribution in [3.05, 3.63) is 47.5 Å². The van der Waals surface area contributed by atoms with Gasteiger partial charge in [0.15, 0.2) is 0 Å². The second kappa shape index (κ2) is 11.4. The van der Waals surface area contributed by atoms with E-state index in [1.54, 1.807) is 12.1 Å². The van der Waals surface area contributed by atoms with Gasteiger partial charge in [0, 0.05) is 30.2 Å². The second-order valence-electron chi connectivity index (χ2n) is 6.93. The minimum Gasteiger partial charge on any atom is -0.492 e. The van der Waals surface area contributed by atoms with Crippen LogP contribution in [-0.4, -0.2) is 46.6 Å². The predicted octanol–water partition coefficient (Wildman–Crippen LogP) is 3.39. The fourth-order valence-corrected chi connectivity index (χ4v) is 3.15. The summed E-state index contributed by atoms with van der Waals surface area (Å²) in [6, 6.07) is 7.51. The van der Waals surface area contributed by atoms with Gasteiger partial charge < -0.3 is 25.8 Å². The molecule has 0 radical (unpaired) electrons. The molecular formula is C22H23ClFN5O4. The number of fused-ring (bicyclic) bond motifs is 1. The summed E-state index contributed by atoms with van der Waals surface area (Å²) < 4.78 is 19.1. The van der Waals surface area contributed by atoms with E-state index in [-0.39, 0.29) is 30.5 Å². The van der Waals surface area contributed by atoms with Gasteiger partial charge in [-0.3, -0.25) is 9.59 Å². The van der Waals surface area contributed by atoms with Crippen molar-refractivity contribution in [1.82, 2.24) is 15.3 Å². The smallest absolute Gasteiger partial charge is 0.243 e. The molecule has 3 rings (SSSR count). The van der Waals surface area contributed by atoms with E-state index >= 15 is 0 Å². The monoisotopic (exact) mass is 475 g/mol. The van der Waals surface area contributed by atoms with E-state index in [9.17, 15) is 14.0 Å². The number of ether oxygens (including phenoxy) is 1. The van der Waals surface area contributed by atoms with Crippen LogP contribution >= 0.6 is 11.6 Å². The number of amides is 2. The lowest BCUT2D eigenvalue weighted by Gasteiger charge is -2.15. The van der Waals surface area contributed by atoms with Crippen LogP contribution in [0.3, 0.4) is 0 Å². The Hall–Kier alpha value is -3.50. The zero-order valence-electron chi connectivity index (χ0n) is 17.8. The quantitative estimate of drug-likeness (QED) is 0.354. The molecule has 9 nitrogen and oxygen atoms in total. The van der Waals surface area contributed by atoms with Crippen LogP contribution in [-0.2, 0) is 9.59 Å². The first-order valence-corrected chi connectivity index (χ1v) is 10.6. The van der Waals surface area contributed by atoms with Crippen molar-refractivity contribution in [3.63, 3.8) is 0 Å². The summed E-state index contributed by atoms with van der Waals surface area (Å²) in [6.45, 7) is 1.83. The first-order valence-electron chi connectivity index (χ1n) is 10.2. The summed E-state index contributed by atoms with van der Waals surface area (Å²) in [5, 5.41) is 17.6. The Kier molecular flexibility index (Phi) is 8.34. The van der Waals surface area contributed by atoms with Crippen LogP contribution in [0.5, 0.6) is 5.75 Å². The fraction of sp³-hybridized carbons (Fsp3) is 0.273. The highest BCUT2D eigenvalue weighted by Gasteiger charge is 2.14. The van der Waals surface area contributed by atoms with Crippen molar-refractivity contribution in [1.29, 1.82) is 0 Å². The molecule has 174 valence electrons. The van der Waals surface area contributed by atoms with Gasteiger partial charge in [-0.25, -0.2) is 14.4 Å². The minimum atomic E-state index is -0.537. The molecule has 0 atom stereocenters. The summed E-state index contributed by atoms with van der Waals surface area (Å²) in [5.74, 6) is -0.507. The van der Waals surface area contributed by atoms with Gasteiger partial charge >= 0.3 is 0 Å². The van der Waals surface area contributed by atoms with E-state index in [4.69, 9.17) is 21.4 Å². The van der Waals surface area contributed by atoms with Crippen molar-refractivity contribution in [2.75, 3.05) is 30.4 Å². The molecular weight excluding hydrogens is 453 g/mol. The van der Waals surface area contributed by atoms with Crippen molar-refractivity contribution >= 4 is 51.5 Å². The number of rotatable bonds is 10. The first kappa shape index (κ1) is 24.1. The summed E-state index contributed by atoms with van der Waals surface area (Å²) in [5.41, 5.74) is 1.44. The molecule has 2 aromatic carbocycles. The average molecular weight is 476 g/mol. The molecule has 0 aliphatic heterocycles. The van der Waals surface area contributed by atoms with E-state index < -0.39 is 11.7 Å². The third kappa shape index (κ3) is 6.50. The third-order valence-electron chi connectivity index (χ3n) is 4.50. The number of aliphatic hydroxyl groups is 1. The lowest BCUT2D eigenvalue weighted by molar-refractivity contribution is -0.124. The van der Waals surface area contributed by atoms with Crippen LogP contribution in [0.4, 0.5) is 21.6 Å². The molecule has 0 aliphatic carbocycles. The molecule has 1 aromatic heterocycles. The van der Waals surface area contributed by atoms with E-state index in [0.29, 0.717) is 46.9 Å². The van der Waals surface area contributed by atoms with Gasteiger partial charge in [-0.15, -0.1) is 0 Å². The van der Waals surface area contributed by atoms with Gasteiger partial charge in [0.1, 0.15) is 23.7 Å². The highest BCUT2D eigenvalue weighted by atomic mass is 35.5. The lowest BCUT2D eigenvalue weighted by Crippen LogP contribution is -2.32. The van der Waals surface area contributed by atoms with Gasteiger partial charge in [-0.05, 0) is 37.6 Å². The molecule has 4 N–H and O–H groups in total. The van der Waals surface area contributed by atoms with Gasteiger partial charge in [-0.1, -0.05) is 11.6 Å². The first-order chi connectivity index (χ1) is 15.9. The summed E-state index contributed by atoms with van der Waals surface area (Å²) in [6.07, 6.45) is 1.82. The molecule has 0 saturated heterocycles. The number of carbonyl (C=O) groups excluding carboxylic acids is 2. The fourth-order valence-electron chi connectivity index (χ4n) is 2.97. The summed E-state index contributed by atoms with van der Waals surface area (Å²) >= 11 is 5.86. The van der Waals surface area contributed by atoms with Crippen molar-refractivity contribution in [2.24, 2.45) is 0 Å². The second-order valence-corrected chi connectivity index (χ2v) is 7.33. The predicted molar refractivity (Wildman–Crippen MR) is 123 cm³/mol. The normalized spacial score (nSPS) is 10.7. The molecule has 0 spiro atoms. The van der Waals surface area contributed by atoms with E-state index in [0.717, 1.165) is 0 Å². The van der Waals surface area contributed by atoms with Crippen LogP contribution < -0.4 is 20.7 Å². The maximum absolute atomic E-state index is 13.5. The lowest BCUT2D eigenvalue weighted by atomic mass is 10.1. The van der Waals surface area contributed by atoms with Crippen molar-refractivity contribution in [2.45, 2.75) is 19.8 Å². The van der Waals surface area contributed by atoms with E-state index in [1.807, 2.05) is 6.92 Å². The van der Waals surface area contributed by atoms with E-state index in [1.165, 1.54) is 24.5 Å². The molecule has 2 amide bonds. The van der Waals surface area contributed by atoms with Crippen LogP contribution in [0.25, 0.3) is 10.9 Å². The minimum absolute atomic E-state index is 0.0361. The Labute approximate surface area is 194 Å². The average Bonchev–Trinajstić information content (AvgIpc) is 2.79. The zero-order valence-corrected chi connectivity index (χ0v) is 18.6. The van der Waals surface area contributed by atoms with Crippen molar-refractivity contribution in [3.8, 4) is 5.75 Å². The van der Waals surface area contributed by atoms with Crippen molar-refractivity contribution < 1.29 is 23.8 Å². The number of aliphatic hydroxyl groups excluding tert-OH is 1. The van der Waals surface area contributed by atoms with Crippen LogP contribution in [0.1, 0.15) is 19.8 Å². The molecule has 33 heavy (non-hydrogen) atoms. The van der Waals surface area contributed by atoms with Crippen LogP contribution in [0.2, 0.25) is 5.02 Å². The SMILES string of the molecule is CCOc1cc2ncnc(Nc3ccc(F)c(Cl)c3)c2cc1NC(=O)CNC(=O)CCCO. The number of halogens is 2. The summed E-state index contributed by atoms with van der Waals surface area (Å²) in [4.78, 5) is 32.6. The Morgan fingerprint density at radius 2 is 2.00 bits per heavy atom. The third-order valence-corrected chi connectivity index (χ3v) is 4.79. The Morgan fingerprint density at radius 1 is 1.18 bits per heavy atom.